The van der Waals surface area contributed by atoms with E-state index in [9.17, 15) is 14.4 Å². The summed E-state index contributed by atoms with van der Waals surface area (Å²) in [6.07, 6.45) is 0. The van der Waals surface area contributed by atoms with Gasteiger partial charge < -0.3 is 10.7 Å². The third kappa shape index (κ3) is 1.03. The highest BCUT2D eigenvalue weighted by Crippen LogP contribution is 2.07. The molecule has 72 valence electrons. The number of imide groups is 1. The summed E-state index contributed by atoms with van der Waals surface area (Å²) in [5.41, 5.74) is 4.21. The molecular weight excluding hydrogens is 188 g/mol. The molecule has 0 bridgehead atoms. The molecule has 14 heavy (non-hydrogen) atoms. The Morgan fingerprint density at radius 1 is 1.21 bits per heavy atom. The van der Waals surface area contributed by atoms with Crippen molar-refractivity contribution < 1.29 is 9.59 Å². The van der Waals surface area contributed by atoms with Crippen molar-refractivity contribution in [2.24, 2.45) is 5.73 Å². The molecule has 0 aliphatic carbocycles. The highest BCUT2D eigenvalue weighted by atomic mass is 16.2. The molecule has 4 N–H and O–H groups in total. The number of nitrogens with two attached hydrogens (primary N) is 1. The lowest BCUT2D eigenvalue weighted by Gasteiger charge is -1.97. The average molecular weight is 194 g/mol. The summed E-state index contributed by atoms with van der Waals surface area (Å²) >= 11 is 0. The lowest BCUT2D eigenvalue weighted by molar-refractivity contribution is 0.0878. The van der Waals surface area contributed by atoms with E-state index in [2.05, 4.69) is 9.97 Å². The molecule has 0 fully saturated rings. The van der Waals surface area contributed by atoms with Crippen LogP contribution in [0.1, 0.15) is 26.7 Å². The van der Waals surface area contributed by atoms with Crippen molar-refractivity contribution in [3.8, 4) is 0 Å². The van der Waals surface area contributed by atoms with Crippen LogP contribution in [0.2, 0.25) is 0 Å². The van der Waals surface area contributed by atoms with Crippen molar-refractivity contribution in [2.75, 3.05) is 0 Å². The van der Waals surface area contributed by atoms with E-state index in [1.165, 1.54) is 0 Å². The Bertz CT molecular complexity index is 490. The maximum Gasteiger partial charge on any atom is 0.277 e. The predicted molar refractivity (Wildman–Crippen MR) is 44.5 cm³/mol. The smallest absolute Gasteiger partial charge is 0.277 e. The van der Waals surface area contributed by atoms with Crippen molar-refractivity contribution in [3.63, 3.8) is 0 Å². The predicted octanol–water partition coefficient (Wildman–Crippen LogP) is -1.89. The number of rotatable bonds is 1. The lowest BCUT2D eigenvalue weighted by Crippen LogP contribution is -2.23. The Kier molecular flexibility index (Phi) is 1.68. The van der Waals surface area contributed by atoms with Gasteiger partial charge in [0, 0.05) is 0 Å². The monoisotopic (exact) mass is 194 g/mol. The first-order valence-corrected chi connectivity index (χ1v) is 3.82. The molecule has 0 atom stereocenters. The molecule has 0 saturated heterocycles. The summed E-state index contributed by atoms with van der Waals surface area (Å²) in [4.78, 5) is 39.5. The topological polar surface area (TPSA) is 118 Å². The second-order valence-corrected chi connectivity index (χ2v) is 2.72. The van der Waals surface area contributed by atoms with Crippen molar-refractivity contribution >= 4 is 11.8 Å². The van der Waals surface area contributed by atoms with Gasteiger partial charge in [-0.2, -0.15) is 0 Å². The van der Waals surface area contributed by atoms with E-state index in [1.807, 2.05) is 5.32 Å². The minimum Gasteiger partial charge on any atom is -0.324 e. The zero-order valence-corrected chi connectivity index (χ0v) is 6.96. The summed E-state index contributed by atoms with van der Waals surface area (Å²) in [7, 11) is 0. The fraction of sp³-hybridized carbons (Fsp3) is 0.143. The van der Waals surface area contributed by atoms with Gasteiger partial charge in [-0.25, -0.2) is 4.98 Å². The number of amides is 2. The molecule has 1 aromatic heterocycles. The van der Waals surface area contributed by atoms with Crippen LogP contribution in [0.4, 0.5) is 0 Å². The van der Waals surface area contributed by atoms with Gasteiger partial charge in [-0.3, -0.25) is 19.7 Å². The van der Waals surface area contributed by atoms with Crippen LogP contribution in [0.5, 0.6) is 0 Å². The number of carbonyl (C=O) groups excluding carboxylic acids is 2. The minimum absolute atomic E-state index is 0.00396. The van der Waals surface area contributed by atoms with Gasteiger partial charge in [0.2, 0.25) is 0 Å². The van der Waals surface area contributed by atoms with Crippen molar-refractivity contribution in [1.82, 2.24) is 15.3 Å². The number of fused-ring (bicyclic) bond motifs is 1. The standard InChI is InChI=1S/C7H6N4O3/c8-1-2-9-4-3(5(12)10-2)6(13)11-7(4)14/h1,8H2,(H,9,10,12)(H,11,13,14). The number of hydrogen-bond acceptors (Lipinski definition) is 5. The normalized spacial score (nSPS) is 14.1. The van der Waals surface area contributed by atoms with Crippen LogP contribution in [0.25, 0.3) is 0 Å². The van der Waals surface area contributed by atoms with E-state index in [4.69, 9.17) is 5.73 Å². The molecule has 0 spiro atoms. The largest absolute Gasteiger partial charge is 0.324 e. The number of aromatic nitrogens is 2. The van der Waals surface area contributed by atoms with Gasteiger partial charge in [-0.15, -0.1) is 0 Å². The van der Waals surface area contributed by atoms with Gasteiger partial charge in [-0.1, -0.05) is 0 Å². The second-order valence-electron chi connectivity index (χ2n) is 2.72. The van der Waals surface area contributed by atoms with Gasteiger partial charge in [0.05, 0.1) is 6.54 Å². The number of aromatic amines is 1. The average Bonchev–Trinajstić information content (AvgIpc) is 2.42. The zero-order chi connectivity index (χ0) is 10.3. The number of nitrogens with zero attached hydrogens (tertiary/aromatic N) is 1. The zero-order valence-electron chi connectivity index (χ0n) is 6.96. The Morgan fingerprint density at radius 3 is 2.57 bits per heavy atom. The summed E-state index contributed by atoms with van der Waals surface area (Å²) in [6.45, 7) is 0.00396. The highest BCUT2D eigenvalue weighted by Gasteiger charge is 2.31. The maximum absolute atomic E-state index is 11.3. The van der Waals surface area contributed by atoms with Gasteiger partial charge in [0.1, 0.15) is 17.1 Å². The van der Waals surface area contributed by atoms with Crippen LogP contribution in [0.15, 0.2) is 4.79 Å². The maximum atomic E-state index is 11.3. The third-order valence-corrected chi connectivity index (χ3v) is 1.83. The third-order valence-electron chi connectivity index (χ3n) is 1.83. The van der Waals surface area contributed by atoms with Crippen molar-refractivity contribution in [1.29, 1.82) is 0 Å². The van der Waals surface area contributed by atoms with E-state index < -0.39 is 17.4 Å². The first kappa shape index (κ1) is 8.57. The van der Waals surface area contributed by atoms with Crippen LogP contribution in [-0.2, 0) is 6.54 Å². The first-order chi connectivity index (χ1) is 6.63. The summed E-state index contributed by atoms with van der Waals surface area (Å²) in [5.74, 6) is -1.20. The van der Waals surface area contributed by atoms with Gasteiger partial charge in [-0.05, 0) is 0 Å². The summed E-state index contributed by atoms with van der Waals surface area (Å²) in [5, 5.41) is 1.97. The summed E-state index contributed by atoms with van der Waals surface area (Å²) < 4.78 is 0. The SMILES string of the molecule is NCc1nc2c(c(=O)[nH]1)C(=O)NC2=O. The van der Waals surface area contributed by atoms with E-state index in [0.29, 0.717) is 0 Å². The summed E-state index contributed by atoms with van der Waals surface area (Å²) in [6, 6.07) is 0. The quantitative estimate of drug-likeness (QED) is 0.452. The van der Waals surface area contributed by atoms with E-state index in [1.54, 1.807) is 0 Å². The van der Waals surface area contributed by atoms with Gasteiger partial charge in [0.25, 0.3) is 17.4 Å². The molecule has 7 heteroatoms. The molecule has 7 nitrogen and oxygen atoms in total. The van der Waals surface area contributed by atoms with Crippen LogP contribution in [0, 0.1) is 0 Å². The molecule has 0 aromatic carbocycles. The fourth-order valence-corrected chi connectivity index (χ4v) is 1.22. The fourth-order valence-electron chi connectivity index (χ4n) is 1.22. The molecule has 2 heterocycles. The molecule has 0 unspecified atom stereocenters. The van der Waals surface area contributed by atoms with Crippen molar-refractivity contribution in [2.45, 2.75) is 6.54 Å². The lowest BCUT2D eigenvalue weighted by atomic mass is 10.2. The molecular formula is C7H6N4O3. The minimum atomic E-state index is -0.720. The Hall–Kier alpha value is -2.02. The number of hydrogen-bond donors (Lipinski definition) is 3. The van der Waals surface area contributed by atoms with E-state index in [-0.39, 0.29) is 23.6 Å². The molecule has 0 radical (unpaired) electrons. The Balaban J connectivity index is 2.75. The van der Waals surface area contributed by atoms with E-state index in [0.717, 1.165) is 0 Å². The molecule has 1 aliphatic rings. The molecule has 1 aliphatic heterocycles. The van der Waals surface area contributed by atoms with Crippen molar-refractivity contribution in [3.05, 3.63) is 27.4 Å². The Morgan fingerprint density at radius 2 is 1.93 bits per heavy atom. The highest BCUT2D eigenvalue weighted by molar-refractivity contribution is 6.20. The molecule has 2 amide bonds. The Labute approximate surface area is 77.3 Å². The van der Waals surface area contributed by atoms with Crippen LogP contribution < -0.4 is 16.6 Å². The second kappa shape index (κ2) is 2.74. The van der Waals surface area contributed by atoms with Crippen LogP contribution in [-0.4, -0.2) is 21.8 Å². The molecule has 0 saturated carbocycles. The number of carbonyl (C=O) groups is 2. The van der Waals surface area contributed by atoms with E-state index >= 15 is 0 Å². The molecule has 2 rings (SSSR count). The van der Waals surface area contributed by atoms with Gasteiger partial charge >= 0.3 is 0 Å². The molecule has 1 aromatic rings. The number of nitrogens with one attached hydrogen (secondary N) is 2. The first-order valence-electron chi connectivity index (χ1n) is 3.82. The van der Waals surface area contributed by atoms with Crippen LogP contribution in [0.3, 0.4) is 0 Å². The van der Waals surface area contributed by atoms with Crippen LogP contribution >= 0.6 is 0 Å². The van der Waals surface area contributed by atoms with Gasteiger partial charge in [0.15, 0.2) is 0 Å². The number of H-pyrrole nitrogens is 1.